The van der Waals surface area contributed by atoms with Crippen LogP contribution < -0.4 is 21.1 Å². The van der Waals surface area contributed by atoms with E-state index in [1.807, 2.05) is 29.6 Å². The molecule has 1 unspecified atom stereocenters. The number of nitrogens with one attached hydrogen (secondary N) is 2. The van der Waals surface area contributed by atoms with Crippen LogP contribution in [0.25, 0.3) is 0 Å². The maximum Gasteiger partial charge on any atom is 0.325 e. The van der Waals surface area contributed by atoms with E-state index in [1.165, 1.54) is 11.3 Å². The van der Waals surface area contributed by atoms with Crippen LogP contribution in [0.2, 0.25) is 5.02 Å². The van der Waals surface area contributed by atoms with Crippen molar-refractivity contribution in [2.24, 2.45) is 5.73 Å². The standard InChI is InChI=1S/C19H19ClN4O2S/c1-26-15-7-5-12(6-8-15)9-16(21)17-11-27-19(23-17)24-18(25)22-14-4-2-3-13(20)10-14/h2-8,10-11,16H,9,21H2,1H3,(H2,22,23,24,25). The number of rotatable bonds is 6. The van der Waals surface area contributed by atoms with Crippen molar-refractivity contribution < 1.29 is 9.53 Å². The third kappa shape index (κ3) is 5.43. The van der Waals surface area contributed by atoms with Gasteiger partial charge in [-0.1, -0.05) is 29.8 Å². The molecule has 2 amide bonds. The van der Waals surface area contributed by atoms with Gasteiger partial charge in [-0.25, -0.2) is 9.78 Å². The van der Waals surface area contributed by atoms with Crippen molar-refractivity contribution in [3.63, 3.8) is 0 Å². The van der Waals surface area contributed by atoms with Crippen LogP contribution in [0.1, 0.15) is 17.3 Å². The van der Waals surface area contributed by atoms with Crippen molar-refractivity contribution in [1.82, 2.24) is 4.98 Å². The summed E-state index contributed by atoms with van der Waals surface area (Å²) in [5, 5.41) is 8.30. The Kier molecular flexibility index (Phi) is 6.28. The first-order valence-electron chi connectivity index (χ1n) is 8.21. The molecule has 3 rings (SSSR count). The number of carbonyl (C=O) groups excluding carboxylic acids is 1. The summed E-state index contributed by atoms with van der Waals surface area (Å²) in [6.07, 6.45) is 0.641. The molecular weight excluding hydrogens is 384 g/mol. The molecular formula is C19H19ClN4O2S. The Labute approximate surface area is 166 Å². The smallest absolute Gasteiger partial charge is 0.325 e. The SMILES string of the molecule is COc1ccc(CC(N)c2csc(NC(=O)Nc3cccc(Cl)c3)n2)cc1. The quantitative estimate of drug-likeness (QED) is 0.557. The molecule has 0 aliphatic carbocycles. The van der Waals surface area contributed by atoms with Crippen molar-refractivity contribution in [3.8, 4) is 5.75 Å². The number of nitrogens with two attached hydrogens (primary N) is 1. The van der Waals surface area contributed by atoms with Crippen molar-refractivity contribution >= 4 is 39.8 Å². The Morgan fingerprint density at radius 2 is 2.04 bits per heavy atom. The van der Waals surface area contributed by atoms with Crippen LogP contribution in [0.15, 0.2) is 53.9 Å². The maximum atomic E-state index is 12.1. The number of urea groups is 1. The number of methoxy groups -OCH3 is 1. The van der Waals surface area contributed by atoms with E-state index in [0.717, 1.165) is 17.0 Å². The lowest BCUT2D eigenvalue weighted by atomic mass is 10.0. The lowest BCUT2D eigenvalue weighted by Gasteiger charge is -2.09. The molecule has 0 saturated carbocycles. The number of anilines is 2. The number of nitrogens with zero attached hydrogens (tertiary/aromatic N) is 1. The van der Waals surface area contributed by atoms with Gasteiger partial charge in [0.05, 0.1) is 18.8 Å². The molecule has 140 valence electrons. The van der Waals surface area contributed by atoms with Gasteiger partial charge in [0, 0.05) is 16.1 Å². The normalized spacial score (nSPS) is 11.7. The fourth-order valence-electron chi connectivity index (χ4n) is 2.46. The first-order chi connectivity index (χ1) is 13.0. The maximum absolute atomic E-state index is 12.1. The van der Waals surface area contributed by atoms with Gasteiger partial charge in [0.2, 0.25) is 0 Å². The summed E-state index contributed by atoms with van der Waals surface area (Å²) in [7, 11) is 1.63. The highest BCUT2D eigenvalue weighted by Crippen LogP contribution is 2.23. The Balaban J connectivity index is 1.57. The van der Waals surface area contributed by atoms with Crippen LogP contribution in [0, 0.1) is 0 Å². The molecule has 3 aromatic rings. The second-order valence-corrected chi connectivity index (χ2v) is 7.12. The van der Waals surface area contributed by atoms with Gasteiger partial charge < -0.3 is 15.8 Å². The van der Waals surface area contributed by atoms with Gasteiger partial charge in [-0.15, -0.1) is 11.3 Å². The largest absolute Gasteiger partial charge is 0.497 e. The Morgan fingerprint density at radius 3 is 2.74 bits per heavy atom. The van der Waals surface area contributed by atoms with E-state index in [-0.39, 0.29) is 12.1 Å². The van der Waals surface area contributed by atoms with Gasteiger partial charge in [-0.3, -0.25) is 5.32 Å². The van der Waals surface area contributed by atoms with E-state index < -0.39 is 0 Å². The molecule has 0 spiro atoms. The molecule has 1 aromatic heterocycles. The lowest BCUT2D eigenvalue weighted by Crippen LogP contribution is -2.19. The number of ether oxygens (including phenoxy) is 1. The summed E-state index contributed by atoms with van der Waals surface area (Å²) in [6, 6.07) is 14.0. The van der Waals surface area contributed by atoms with E-state index in [4.69, 9.17) is 22.1 Å². The van der Waals surface area contributed by atoms with Crippen molar-refractivity contribution in [1.29, 1.82) is 0 Å². The minimum absolute atomic E-state index is 0.263. The summed E-state index contributed by atoms with van der Waals surface area (Å²) < 4.78 is 5.15. The molecule has 1 atom stereocenters. The van der Waals surface area contributed by atoms with Crippen molar-refractivity contribution in [3.05, 3.63) is 70.2 Å². The molecule has 8 heteroatoms. The summed E-state index contributed by atoms with van der Waals surface area (Å²) >= 11 is 7.23. The van der Waals surface area contributed by atoms with Crippen LogP contribution >= 0.6 is 22.9 Å². The predicted octanol–water partition coefficient (Wildman–Crippen LogP) is 4.69. The van der Waals surface area contributed by atoms with E-state index >= 15 is 0 Å². The van der Waals surface area contributed by atoms with E-state index in [9.17, 15) is 4.79 Å². The van der Waals surface area contributed by atoms with Gasteiger partial charge >= 0.3 is 6.03 Å². The van der Waals surface area contributed by atoms with E-state index in [0.29, 0.717) is 22.3 Å². The topological polar surface area (TPSA) is 89.3 Å². The zero-order chi connectivity index (χ0) is 19.2. The molecule has 0 saturated heterocycles. The number of aromatic nitrogens is 1. The molecule has 27 heavy (non-hydrogen) atoms. The van der Waals surface area contributed by atoms with Crippen LogP contribution in [-0.2, 0) is 6.42 Å². The van der Waals surface area contributed by atoms with Gasteiger partial charge in [-0.05, 0) is 42.3 Å². The number of thiazole rings is 1. The summed E-state index contributed by atoms with van der Waals surface area (Å²) in [4.78, 5) is 16.5. The van der Waals surface area contributed by atoms with Gasteiger partial charge in [0.1, 0.15) is 5.75 Å². The Bertz CT molecular complexity index is 914. The minimum atomic E-state index is -0.387. The van der Waals surface area contributed by atoms with Crippen molar-refractivity contribution in [2.45, 2.75) is 12.5 Å². The lowest BCUT2D eigenvalue weighted by molar-refractivity contribution is 0.262. The van der Waals surface area contributed by atoms with E-state index in [1.54, 1.807) is 31.4 Å². The van der Waals surface area contributed by atoms with E-state index in [2.05, 4.69) is 15.6 Å². The minimum Gasteiger partial charge on any atom is -0.497 e. The first-order valence-corrected chi connectivity index (χ1v) is 9.47. The van der Waals surface area contributed by atoms with Gasteiger partial charge in [-0.2, -0.15) is 0 Å². The number of benzene rings is 2. The number of hydrogen-bond acceptors (Lipinski definition) is 5. The number of hydrogen-bond donors (Lipinski definition) is 3. The average Bonchev–Trinajstić information content (AvgIpc) is 3.11. The average molecular weight is 403 g/mol. The fraction of sp³-hybridized carbons (Fsp3) is 0.158. The zero-order valence-corrected chi connectivity index (χ0v) is 16.2. The molecule has 0 aliphatic heterocycles. The molecule has 6 nitrogen and oxygen atoms in total. The van der Waals surface area contributed by atoms with Gasteiger partial charge in [0.15, 0.2) is 5.13 Å². The third-order valence-electron chi connectivity index (χ3n) is 3.82. The number of carbonyl (C=O) groups is 1. The fourth-order valence-corrected chi connectivity index (χ4v) is 3.42. The molecule has 0 aliphatic rings. The highest BCUT2D eigenvalue weighted by Gasteiger charge is 2.13. The number of halogens is 1. The Hall–Kier alpha value is -2.61. The highest BCUT2D eigenvalue weighted by atomic mass is 35.5. The second-order valence-electron chi connectivity index (χ2n) is 5.83. The third-order valence-corrected chi connectivity index (χ3v) is 4.83. The summed E-state index contributed by atoms with van der Waals surface area (Å²) in [6.45, 7) is 0. The summed E-state index contributed by atoms with van der Waals surface area (Å²) in [5.41, 5.74) is 8.67. The zero-order valence-electron chi connectivity index (χ0n) is 14.6. The second kappa shape index (κ2) is 8.85. The van der Waals surface area contributed by atoms with Crippen LogP contribution in [-0.4, -0.2) is 18.1 Å². The monoisotopic (exact) mass is 402 g/mol. The highest BCUT2D eigenvalue weighted by molar-refractivity contribution is 7.13. The molecule has 2 aromatic carbocycles. The molecule has 0 fully saturated rings. The molecule has 1 heterocycles. The van der Waals surface area contributed by atoms with Gasteiger partial charge in [0.25, 0.3) is 0 Å². The van der Waals surface area contributed by atoms with Crippen LogP contribution in [0.4, 0.5) is 15.6 Å². The van der Waals surface area contributed by atoms with Crippen LogP contribution in [0.5, 0.6) is 5.75 Å². The summed E-state index contributed by atoms with van der Waals surface area (Å²) in [5.74, 6) is 0.804. The number of amides is 2. The molecule has 4 N–H and O–H groups in total. The van der Waals surface area contributed by atoms with Crippen LogP contribution in [0.3, 0.4) is 0 Å². The first kappa shape index (κ1) is 19.2. The predicted molar refractivity (Wildman–Crippen MR) is 110 cm³/mol. The Morgan fingerprint density at radius 1 is 1.26 bits per heavy atom. The molecule has 0 bridgehead atoms. The van der Waals surface area contributed by atoms with Crippen molar-refractivity contribution in [2.75, 3.05) is 17.7 Å². The molecule has 0 radical (unpaired) electrons.